The molecule has 3 unspecified atom stereocenters. The number of carbonyl (C=O) groups is 2. The lowest BCUT2D eigenvalue weighted by atomic mass is 9.46. The van der Waals surface area contributed by atoms with Gasteiger partial charge in [-0.3, -0.25) is 9.59 Å². The van der Waals surface area contributed by atoms with Crippen LogP contribution in [-0.2, 0) is 19.1 Å². The second-order valence-electron chi connectivity index (χ2n) is 11.8. The van der Waals surface area contributed by atoms with Gasteiger partial charge >= 0.3 is 5.97 Å². The first-order chi connectivity index (χ1) is 16.0. The van der Waals surface area contributed by atoms with E-state index in [1.54, 1.807) is 0 Å². The Balaban J connectivity index is 1.77. The molecule has 0 bridgehead atoms. The second-order valence-corrected chi connectivity index (χ2v) is 11.8. The zero-order chi connectivity index (χ0) is 24.9. The molecule has 0 radical (unpaired) electrons. The Bertz CT molecular complexity index is 910. The van der Waals surface area contributed by atoms with Crippen molar-refractivity contribution in [3.8, 4) is 0 Å². The van der Waals surface area contributed by atoms with Crippen molar-refractivity contribution in [3.05, 3.63) is 23.0 Å². The third-order valence-corrected chi connectivity index (χ3v) is 9.78. The summed E-state index contributed by atoms with van der Waals surface area (Å²) in [4.78, 5) is 27.3. The summed E-state index contributed by atoms with van der Waals surface area (Å²) in [6.45, 7) is 8.40. The molecule has 0 heterocycles. The van der Waals surface area contributed by atoms with Crippen LogP contribution in [0.3, 0.4) is 0 Å². The Morgan fingerprint density at radius 1 is 1.15 bits per heavy atom. The second kappa shape index (κ2) is 9.07. The molecule has 4 aliphatic rings. The number of carbonyl (C=O) groups excluding carboxylic acids is 2. The van der Waals surface area contributed by atoms with Crippen LogP contribution in [0.2, 0.25) is 0 Å². The topological polar surface area (TPSA) is 55.8 Å². The van der Waals surface area contributed by atoms with Crippen LogP contribution in [-0.4, -0.2) is 56.2 Å². The van der Waals surface area contributed by atoms with Crippen LogP contribution in [0.4, 0.5) is 4.39 Å². The van der Waals surface area contributed by atoms with Gasteiger partial charge in [-0.05, 0) is 94.4 Å². The number of nitrogens with zero attached hydrogens (tertiary/aromatic N) is 1. The fourth-order valence-corrected chi connectivity index (χ4v) is 8.43. The van der Waals surface area contributed by atoms with Crippen LogP contribution in [0.25, 0.3) is 0 Å². The van der Waals surface area contributed by atoms with Crippen LogP contribution in [0.5, 0.6) is 0 Å². The number of halogens is 1. The molecule has 6 heteroatoms. The molecule has 0 aromatic carbocycles. The molecule has 0 aliphatic heterocycles. The highest BCUT2D eigenvalue weighted by Crippen LogP contribution is 2.68. The zero-order valence-electron chi connectivity index (χ0n) is 21.8. The van der Waals surface area contributed by atoms with Crippen LogP contribution < -0.4 is 0 Å². The Labute approximate surface area is 204 Å². The fraction of sp³-hybridized carbons (Fsp3) is 0.786. The number of hydrogen-bond acceptors (Lipinski definition) is 5. The molecule has 0 aromatic heterocycles. The Hall–Kier alpha value is -1.69. The standard InChI is InChI=1S/C28H42FNO4/c1-7-33-20-8-11-26(3)22-9-12-27(4)23(10-13-28(27,25(32)16-29)34-18(2)31)21(22)14-19(17-30(5)6)24(26)15-20/h15,21-23H,7-14,16-17H2,1-6H3/t21?,22?,23?,26-,27+,28-/m1/s1. The smallest absolute Gasteiger partial charge is 0.303 e. The highest BCUT2D eigenvalue weighted by atomic mass is 19.1. The fourth-order valence-electron chi connectivity index (χ4n) is 8.43. The van der Waals surface area contributed by atoms with E-state index in [0.29, 0.717) is 24.9 Å². The zero-order valence-corrected chi connectivity index (χ0v) is 21.8. The van der Waals surface area contributed by atoms with Gasteiger partial charge in [-0.2, -0.15) is 0 Å². The summed E-state index contributed by atoms with van der Waals surface area (Å²) >= 11 is 0. The van der Waals surface area contributed by atoms with E-state index in [9.17, 15) is 14.0 Å². The SMILES string of the molecule is CCOC1=CC2=C(CN(C)C)CC3C(CC[C@@]4(C)C3CC[C@@]4(OC(C)=O)C(=O)CF)[C@@]2(C)CC1. The van der Waals surface area contributed by atoms with Crippen LogP contribution in [0.15, 0.2) is 23.0 Å². The van der Waals surface area contributed by atoms with Gasteiger partial charge in [0.25, 0.3) is 0 Å². The van der Waals surface area contributed by atoms with Crippen LogP contribution >= 0.6 is 0 Å². The van der Waals surface area contributed by atoms with E-state index in [-0.39, 0.29) is 11.3 Å². The van der Waals surface area contributed by atoms with Crippen LogP contribution in [0, 0.1) is 28.6 Å². The maximum atomic E-state index is 13.8. The number of Topliss-reactive ketones (excluding diaryl/α,β-unsaturated/α-hetero) is 1. The van der Waals surface area contributed by atoms with Crippen molar-refractivity contribution >= 4 is 11.8 Å². The number of rotatable bonds is 7. The minimum atomic E-state index is -1.33. The minimum absolute atomic E-state index is 0.0625. The highest BCUT2D eigenvalue weighted by Gasteiger charge is 2.68. The Morgan fingerprint density at radius 3 is 2.47 bits per heavy atom. The van der Waals surface area contributed by atoms with E-state index in [2.05, 4.69) is 38.9 Å². The molecular weight excluding hydrogens is 433 g/mol. The predicted molar refractivity (Wildman–Crippen MR) is 130 cm³/mol. The average Bonchev–Trinajstić information content (AvgIpc) is 3.06. The summed E-state index contributed by atoms with van der Waals surface area (Å²) in [7, 11) is 4.22. The normalized spacial score (nSPS) is 39.2. The number of hydrogen-bond donors (Lipinski definition) is 0. The monoisotopic (exact) mass is 475 g/mol. The molecule has 0 amide bonds. The van der Waals surface area contributed by atoms with Crippen molar-refractivity contribution in [2.75, 3.05) is 33.9 Å². The summed E-state index contributed by atoms with van der Waals surface area (Å²) in [6, 6.07) is 0. The third kappa shape index (κ3) is 3.75. The van der Waals surface area contributed by atoms with E-state index in [1.807, 2.05) is 6.92 Å². The summed E-state index contributed by atoms with van der Waals surface area (Å²) in [5.74, 6) is 1.18. The summed E-state index contributed by atoms with van der Waals surface area (Å²) < 4.78 is 25.6. The molecule has 4 aliphatic carbocycles. The first-order valence-electron chi connectivity index (χ1n) is 13.0. The third-order valence-electron chi connectivity index (χ3n) is 9.78. The molecule has 0 aromatic rings. The van der Waals surface area contributed by atoms with Crippen molar-refractivity contribution in [1.82, 2.24) is 4.90 Å². The predicted octanol–water partition coefficient (Wildman–Crippen LogP) is 5.25. The van der Waals surface area contributed by atoms with Gasteiger partial charge in [-0.15, -0.1) is 0 Å². The molecule has 6 atom stereocenters. The first-order valence-corrected chi connectivity index (χ1v) is 13.0. The molecule has 2 fully saturated rings. The summed E-state index contributed by atoms with van der Waals surface area (Å²) in [6.07, 6.45) is 8.30. The largest absolute Gasteiger partial charge is 0.498 e. The van der Waals surface area contributed by atoms with E-state index >= 15 is 0 Å². The van der Waals surface area contributed by atoms with Crippen molar-refractivity contribution < 1.29 is 23.5 Å². The molecule has 2 saturated carbocycles. The molecule has 190 valence electrons. The number of fused-ring (bicyclic) bond motifs is 5. The molecule has 0 spiro atoms. The van der Waals surface area contributed by atoms with Gasteiger partial charge in [-0.25, -0.2) is 4.39 Å². The first kappa shape index (κ1) is 25.4. The van der Waals surface area contributed by atoms with Gasteiger partial charge in [-0.1, -0.05) is 19.4 Å². The maximum absolute atomic E-state index is 13.8. The van der Waals surface area contributed by atoms with E-state index in [0.717, 1.165) is 50.8 Å². The van der Waals surface area contributed by atoms with Crippen molar-refractivity contribution in [2.24, 2.45) is 28.6 Å². The van der Waals surface area contributed by atoms with E-state index in [1.165, 1.54) is 18.1 Å². The molecule has 0 saturated heterocycles. The summed E-state index contributed by atoms with van der Waals surface area (Å²) in [5.41, 5.74) is 1.11. The minimum Gasteiger partial charge on any atom is -0.498 e. The van der Waals surface area contributed by atoms with Gasteiger partial charge in [0.1, 0.15) is 0 Å². The molecule has 4 rings (SSSR count). The van der Waals surface area contributed by atoms with E-state index in [4.69, 9.17) is 9.47 Å². The number of ether oxygens (including phenoxy) is 2. The number of esters is 1. The lowest BCUT2D eigenvalue weighted by Crippen LogP contribution is -2.59. The number of ketones is 1. The average molecular weight is 476 g/mol. The number of likely N-dealkylation sites (N-methyl/N-ethyl adjacent to an activating group) is 1. The van der Waals surface area contributed by atoms with Crippen molar-refractivity contribution in [3.63, 3.8) is 0 Å². The van der Waals surface area contributed by atoms with Crippen molar-refractivity contribution in [2.45, 2.75) is 78.2 Å². The summed E-state index contributed by atoms with van der Waals surface area (Å²) in [5, 5.41) is 0. The van der Waals surface area contributed by atoms with Gasteiger partial charge < -0.3 is 14.4 Å². The highest BCUT2D eigenvalue weighted by molar-refractivity contribution is 5.92. The lowest BCUT2D eigenvalue weighted by Gasteiger charge is -2.59. The Kier molecular flexibility index (Phi) is 6.78. The number of allylic oxidation sites excluding steroid dienone is 3. The molecule has 0 N–H and O–H groups in total. The maximum Gasteiger partial charge on any atom is 0.303 e. The quantitative estimate of drug-likeness (QED) is 0.471. The number of alkyl halides is 1. The molecule has 34 heavy (non-hydrogen) atoms. The lowest BCUT2D eigenvalue weighted by molar-refractivity contribution is -0.188. The molecule has 5 nitrogen and oxygen atoms in total. The molecular formula is C28H42FNO4. The van der Waals surface area contributed by atoms with Gasteiger partial charge in [0, 0.05) is 25.3 Å². The van der Waals surface area contributed by atoms with Gasteiger partial charge in [0.05, 0.1) is 12.4 Å². The van der Waals surface area contributed by atoms with Crippen LogP contribution in [0.1, 0.15) is 72.6 Å². The Morgan fingerprint density at radius 2 is 1.85 bits per heavy atom. The van der Waals surface area contributed by atoms with Crippen molar-refractivity contribution in [1.29, 1.82) is 0 Å². The van der Waals surface area contributed by atoms with Gasteiger partial charge in [0.15, 0.2) is 12.3 Å². The van der Waals surface area contributed by atoms with Gasteiger partial charge in [0.2, 0.25) is 5.78 Å². The van der Waals surface area contributed by atoms with E-state index < -0.39 is 29.4 Å².